The molecule has 0 atom stereocenters. The second-order valence-corrected chi connectivity index (χ2v) is 22.5. The molecule has 32 heavy (non-hydrogen) atoms. The van der Waals surface area contributed by atoms with Gasteiger partial charge in [0, 0.05) is 0 Å². The van der Waals surface area contributed by atoms with Gasteiger partial charge in [-0.2, -0.15) is 0 Å². The molecule has 5 aromatic rings. The fourth-order valence-electron chi connectivity index (χ4n) is 4.85. The summed E-state index contributed by atoms with van der Waals surface area (Å²) >= 11 is -0.291. The number of benzene rings is 3. The van der Waals surface area contributed by atoms with Crippen LogP contribution in [-0.2, 0) is 5.41 Å². The first-order chi connectivity index (χ1) is 15.9. The zero-order valence-corrected chi connectivity index (χ0v) is 22.9. The van der Waals surface area contributed by atoms with Crippen molar-refractivity contribution in [2.75, 3.05) is 0 Å². The van der Waals surface area contributed by atoms with E-state index in [1.165, 1.54) is 31.0 Å². The molecule has 2 aromatic heterocycles. The van der Waals surface area contributed by atoms with E-state index >= 15 is 0 Å². The summed E-state index contributed by atoms with van der Waals surface area (Å²) in [4.78, 5) is 4.70. The molecule has 1 nitrogen and oxygen atoms in total. The standard InChI is InChI=1S/C29H31GeNS/c1-18-25(30(5,6)7)13-12-22-23-14-15-31-26(28(23)32-27(18)22)20-16-19-10-8-9-11-21(19)24(17-20)29(2,3)4/h8-17H,1-7H3/i14D,15D. The molecule has 0 saturated heterocycles. The first-order valence-electron chi connectivity index (χ1n) is 12.2. The van der Waals surface area contributed by atoms with Crippen molar-refractivity contribution >= 4 is 59.9 Å². The normalized spacial score (nSPS) is 13.7. The summed E-state index contributed by atoms with van der Waals surface area (Å²) in [6.45, 7) is 8.96. The number of hydrogen-bond acceptors (Lipinski definition) is 2. The van der Waals surface area contributed by atoms with Gasteiger partial charge in [-0.3, -0.25) is 0 Å². The Morgan fingerprint density at radius 2 is 1.66 bits per heavy atom. The second kappa shape index (κ2) is 7.43. The van der Waals surface area contributed by atoms with E-state index in [2.05, 4.69) is 93.5 Å². The van der Waals surface area contributed by atoms with Crippen LogP contribution in [0.3, 0.4) is 0 Å². The Kier molecular flexibility index (Phi) is 4.48. The second-order valence-electron chi connectivity index (χ2n) is 10.9. The predicted molar refractivity (Wildman–Crippen MR) is 146 cm³/mol. The molecule has 0 fully saturated rings. The molecule has 0 unspecified atom stereocenters. The third kappa shape index (κ3) is 3.48. The fraction of sp³-hybridized carbons (Fsp3) is 0.276. The summed E-state index contributed by atoms with van der Waals surface area (Å²) in [6.07, 6.45) is 0.0443. The van der Waals surface area contributed by atoms with Gasteiger partial charge in [0.15, 0.2) is 0 Å². The molecule has 5 rings (SSSR count). The number of nitrogens with zero attached hydrogens (tertiary/aromatic N) is 1. The number of aryl methyl sites for hydroxylation is 1. The summed E-state index contributed by atoms with van der Waals surface area (Å²) in [6, 6.07) is 17.7. The van der Waals surface area contributed by atoms with Crippen molar-refractivity contribution in [1.29, 1.82) is 0 Å². The fourth-order valence-corrected chi connectivity index (χ4v) is 10.2. The van der Waals surface area contributed by atoms with E-state index in [1.54, 1.807) is 11.3 Å². The van der Waals surface area contributed by atoms with E-state index < -0.39 is 13.3 Å². The number of hydrogen-bond donors (Lipinski definition) is 0. The Hall–Kier alpha value is -2.17. The van der Waals surface area contributed by atoms with E-state index in [1.807, 2.05) is 0 Å². The van der Waals surface area contributed by atoms with Crippen molar-refractivity contribution in [2.45, 2.75) is 50.4 Å². The molecule has 162 valence electrons. The van der Waals surface area contributed by atoms with Crippen LogP contribution in [-0.4, -0.2) is 18.3 Å². The average Bonchev–Trinajstić information content (AvgIpc) is 3.15. The molecule has 0 bridgehead atoms. The van der Waals surface area contributed by atoms with Crippen molar-refractivity contribution in [2.24, 2.45) is 0 Å². The van der Waals surface area contributed by atoms with Crippen molar-refractivity contribution in [1.82, 2.24) is 4.98 Å². The molecular weight excluding hydrogens is 467 g/mol. The van der Waals surface area contributed by atoms with Crippen LogP contribution in [0, 0.1) is 6.92 Å². The van der Waals surface area contributed by atoms with Gasteiger partial charge < -0.3 is 0 Å². The Bertz CT molecular complexity index is 1600. The molecule has 0 aliphatic carbocycles. The van der Waals surface area contributed by atoms with Gasteiger partial charge >= 0.3 is 201 Å². The Balaban J connectivity index is 1.90. The average molecular weight is 500 g/mol. The molecule has 0 amide bonds. The summed E-state index contributed by atoms with van der Waals surface area (Å²) in [7, 11) is 0. The number of pyridine rings is 1. The van der Waals surface area contributed by atoms with Gasteiger partial charge in [0.2, 0.25) is 0 Å². The zero-order chi connectivity index (χ0) is 24.6. The van der Waals surface area contributed by atoms with Crippen LogP contribution >= 0.6 is 11.3 Å². The van der Waals surface area contributed by atoms with Crippen LogP contribution < -0.4 is 4.40 Å². The van der Waals surface area contributed by atoms with E-state index in [9.17, 15) is 0 Å². The molecule has 0 aliphatic heterocycles. The molecule has 3 aromatic carbocycles. The van der Waals surface area contributed by atoms with E-state index in [-0.39, 0.29) is 17.6 Å². The van der Waals surface area contributed by atoms with Crippen molar-refractivity contribution in [3.05, 3.63) is 71.9 Å². The van der Waals surface area contributed by atoms with Crippen molar-refractivity contribution < 1.29 is 2.74 Å². The maximum atomic E-state index is 8.73. The predicted octanol–water partition coefficient (Wildman–Crippen LogP) is 8.42. The monoisotopic (exact) mass is 501 g/mol. The Morgan fingerprint density at radius 3 is 2.38 bits per heavy atom. The third-order valence-electron chi connectivity index (χ3n) is 6.42. The Labute approximate surface area is 200 Å². The van der Waals surface area contributed by atoms with Crippen molar-refractivity contribution in [3.63, 3.8) is 0 Å². The first kappa shape index (κ1) is 19.3. The number of thiophene rings is 1. The van der Waals surface area contributed by atoms with Crippen LogP contribution in [0.4, 0.5) is 0 Å². The minimum atomic E-state index is -2.04. The minimum absolute atomic E-state index is 0.0293. The Morgan fingerprint density at radius 1 is 0.906 bits per heavy atom. The van der Waals surface area contributed by atoms with Crippen LogP contribution in [0.1, 0.15) is 34.6 Å². The van der Waals surface area contributed by atoms with Gasteiger partial charge in [0.05, 0.1) is 0 Å². The third-order valence-corrected chi connectivity index (χ3v) is 12.3. The maximum absolute atomic E-state index is 8.73. The zero-order valence-electron chi connectivity index (χ0n) is 22.0. The molecule has 0 N–H and O–H groups in total. The van der Waals surface area contributed by atoms with Gasteiger partial charge in [0.25, 0.3) is 0 Å². The molecule has 0 aliphatic rings. The van der Waals surface area contributed by atoms with Crippen LogP contribution in [0.15, 0.2) is 60.7 Å². The summed E-state index contributed by atoms with van der Waals surface area (Å²) in [5.41, 5.74) is 4.44. The van der Waals surface area contributed by atoms with Gasteiger partial charge in [-0.05, 0) is 0 Å². The SMILES string of the molecule is [2H]c1nc(-c2cc(C(C)(C)C)c3ccccc3c2)c2sc3c(C)[c]([Ge]([CH3])([CH3])[CH3])ccc3c2c1[2H]. The van der Waals surface area contributed by atoms with E-state index in [0.717, 1.165) is 26.7 Å². The molecule has 0 spiro atoms. The van der Waals surface area contributed by atoms with Gasteiger partial charge in [0.1, 0.15) is 0 Å². The molecule has 3 heteroatoms. The van der Waals surface area contributed by atoms with Gasteiger partial charge in [-0.1, -0.05) is 0 Å². The number of fused-ring (bicyclic) bond motifs is 4. The molecular formula is C29H31GeNS. The van der Waals surface area contributed by atoms with Crippen LogP contribution in [0.25, 0.3) is 42.2 Å². The molecule has 0 radical (unpaired) electrons. The summed E-state index contributed by atoms with van der Waals surface area (Å²) in [5.74, 6) is 7.28. The van der Waals surface area contributed by atoms with Crippen LogP contribution in [0.5, 0.6) is 0 Å². The number of aromatic nitrogens is 1. The number of rotatable bonds is 2. The summed E-state index contributed by atoms with van der Waals surface area (Å²) in [5, 5.41) is 4.40. The van der Waals surface area contributed by atoms with Gasteiger partial charge in [-0.15, -0.1) is 0 Å². The first-order valence-corrected chi connectivity index (χ1v) is 19.4. The van der Waals surface area contributed by atoms with Gasteiger partial charge in [-0.25, -0.2) is 0 Å². The molecule has 2 heterocycles. The van der Waals surface area contributed by atoms with E-state index in [4.69, 9.17) is 7.73 Å². The van der Waals surface area contributed by atoms with E-state index in [0.29, 0.717) is 0 Å². The quantitative estimate of drug-likeness (QED) is 0.222. The van der Waals surface area contributed by atoms with Crippen molar-refractivity contribution in [3.8, 4) is 11.3 Å². The van der Waals surface area contributed by atoms with Crippen LogP contribution in [0.2, 0.25) is 17.3 Å². The summed E-state index contributed by atoms with van der Waals surface area (Å²) < 4.78 is 21.1. The molecule has 0 saturated carbocycles. The topological polar surface area (TPSA) is 12.9 Å².